The van der Waals surface area contributed by atoms with E-state index in [1.54, 1.807) is 0 Å². The van der Waals surface area contributed by atoms with E-state index in [9.17, 15) is 48.7 Å². The zero-order chi connectivity index (χ0) is 28.8. The summed E-state index contributed by atoms with van der Waals surface area (Å²) in [5.41, 5.74) is 0.0343. The van der Waals surface area contributed by atoms with Crippen LogP contribution in [0.25, 0.3) is 17.1 Å². The maximum absolute atomic E-state index is 14.1. The summed E-state index contributed by atoms with van der Waals surface area (Å²) in [6, 6.07) is 7.49. The molecule has 1 aliphatic heterocycles. The van der Waals surface area contributed by atoms with E-state index >= 15 is 0 Å². The van der Waals surface area contributed by atoms with E-state index in [0.29, 0.717) is 10.4 Å². The fourth-order valence-electron chi connectivity index (χ4n) is 4.77. The molecule has 5 rings (SSSR count). The van der Waals surface area contributed by atoms with E-state index in [1.165, 1.54) is 42.7 Å². The lowest BCUT2D eigenvalue weighted by Crippen LogP contribution is -2.51. The minimum Gasteiger partial charge on any atom is -0.347 e. The summed E-state index contributed by atoms with van der Waals surface area (Å²) in [4.78, 5) is 3.43. The third-order valence-corrected chi connectivity index (χ3v) is 9.00. The van der Waals surface area contributed by atoms with Crippen molar-refractivity contribution < 1.29 is 48.7 Å². The first-order valence-electron chi connectivity index (χ1n) is 11.1. The predicted octanol–water partition coefficient (Wildman–Crippen LogP) is 4.71. The van der Waals surface area contributed by atoms with Crippen molar-refractivity contribution in [2.45, 2.75) is 46.4 Å². The van der Waals surface area contributed by atoms with Crippen LogP contribution in [-0.4, -0.2) is 53.6 Å². The molecular formula is C23H16ClF8N3O3S. The third-order valence-electron chi connectivity index (χ3n) is 6.89. The Labute approximate surface area is 219 Å². The highest BCUT2D eigenvalue weighted by Crippen LogP contribution is 2.66. The fourth-order valence-corrected chi connectivity index (χ4v) is 6.41. The number of fused-ring (bicyclic) bond motifs is 2. The summed E-state index contributed by atoms with van der Waals surface area (Å²) in [7, 11) is -4.32. The van der Waals surface area contributed by atoms with Gasteiger partial charge in [-0.2, -0.15) is 35.1 Å². The van der Waals surface area contributed by atoms with Crippen molar-refractivity contribution in [3.63, 3.8) is 0 Å². The van der Waals surface area contributed by atoms with Crippen molar-refractivity contribution in [3.05, 3.63) is 58.2 Å². The van der Waals surface area contributed by atoms with E-state index in [2.05, 4.69) is 4.99 Å². The molecule has 1 N–H and O–H groups in total. The van der Waals surface area contributed by atoms with Crippen LogP contribution in [0.5, 0.6) is 0 Å². The molecule has 0 radical (unpaired) electrons. The minimum atomic E-state index is -6.26. The number of halogens is 9. The van der Waals surface area contributed by atoms with Gasteiger partial charge in [-0.25, -0.2) is 13.5 Å². The SMILES string of the molecule is O=S(=O)(c1ccc2ccn(CCC3C(F)(F)C(F)(F)C(F)(F)C3(F)F)c2c1)c1ccc(Cl)c2c1=NCN(O)C=2. The largest absolute Gasteiger partial charge is 0.378 e. The van der Waals surface area contributed by atoms with Gasteiger partial charge in [0.05, 0.1) is 20.2 Å². The first-order valence-corrected chi connectivity index (χ1v) is 13.0. The highest BCUT2D eigenvalue weighted by Gasteiger charge is 2.92. The lowest BCUT2D eigenvalue weighted by Gasteiger charge is -2.23. The van der Waals surface area contributed by atoms with Gasteiger partial charge in [0, 0.05) is 29.7 Å². The van der Waals surface area contributed by atoms with E-state index in [4.69, 9.17) is 11.6 Å². The van der Waals surface area contributed by atoms with Crippen LogP contribution in [-0.2, 0) is 16.4 Å². The van der Waals surface area contributed by atoms with Gasteiger partial charge in [0.15, 0.2) is 0 Å². The van der Waals surface area contributed by atoms with Crippen LogP contribution < -0.4 is 10.6 Å². The van der Waals surface area contributed by atoms with Gasteiger partial charge in [-0.1, -0.05) is 17.7 Å². The molecule has 1 aromatic heterocycles. The Balaban J connectivity index is 1.52. The van der Waals surface area contributed by atoms with Gasteiger partial charge in [-0.3, -0.25) is 10.2 Å². The molecule has 2 aliphatic rings. The number of nitrogens with zero attached hydrogens (tertiary/aromatic N) is 3. The summed E-state index contributed by atoms with van der Waals surface area (Å²) in [5, 5.41) is 10.9. The molecular weight excluding hydrogens is 586 g/mol. The second-order valence-corrected chi connectivity index (χ2v) is 11.5. The Morgan fingerprint density at radius 3 is 2.26 bits per heavy atom. The number of alkyl halides is 8. The topological polar surface area (TPSA) is 74.9 Å². The number of sulfone groups is 1. The maximum Gasteiger partial charge on any atom is 0.378 e. The van der Waals surface area contributed by atoms with Gasteiger partial charge in [0.25, 0.3) is 0 Å². The third kappa shape index (κ3) is 3.76. The summed E-state index contributed by atoms with van der Waals surface area (Å²) < 4.78 is 139. The first-order chi connectivity index (χ1) is 17.9. The molecule has 0 atom stereocenters. The number of hydroxylamine groups is 2. The molecule has 0 spiro atoms. The summed E-state index contributed by atoms with van der Waals surface area (Å²) in [5.74, 6) is -27.6. The van der Waals surface area contributed by atoms with Crippen molar-refractivity contribution in [1.29, 1.82) is 0 Å². The summed E-state index contributed by atoms with van der Waals surface area (Å²) in [6.45, 7) is -1.10. The van der Waals surface area contributed by atoms with Crippen molar-refractivity contribution >= 4 is 38.5 Å². The Kier molecular flexibility index (Phi) is 6.06. The fraction of sp³-hybridized carbons (Fsp3) is 0.348. The van der Waals surface area contributed by atoms with E-state index in [1.807, 2.05) is 0 Å². The van der Waals surface area contributed by atoms with E-state index in [0.717, 1.165) is 10.6 Å². The Morgan fingerprint density at radius 1 is 0.974 bits per heavy atom. The molecule has 0 unspecified atom stereocenters. The molecule has 3 aromatic rings. The molecule has 0 saturated heterocycles. The van der Waals surface area contributed by atoms with Crippen molar-refractivity contribution in [2.75, 3.05) is 6.67 Å². The van der Waals surface area contributed by atoms with Crippen molar-refractivity contribution in [3.8, 4) is 0 Å². The zero-order valence-corrected chi connectivity index (χ0v) is 20.8. The molecule has 16 heteroatoms. The zero-order valence-electron chi connectivity index (χ0n) is 19.2. The van der Waals surface area contributed by atoms with Gasteiger partial charge >= 0.3 is 23.7 Å². The monoisotopic (exact) mass is 601 g/mol. The van der Waals surface area contributed by atoms with Crippen LogP contribution in [0.1, 0.15) is 6.42 Å². The van der Waals surface area contributed by atoms with Gasteiger partial charge in [-0.15, -0.1) is 0 Å². The number of rotatable bonds is 5. The Bertz CT molecular complexity index is 1700. The second-order valence-electron chi connectivity index (χ2n) is 9.15. The number of hydrogen-bond acceptors (Lipinski definition) is 5. The number of aromatic nitrogens is 1. The Hall–Kier alpha value is -2.91. The molecule has 2 heterocycles. The predicted molar refractivity (Wildman–Crippen MR) is 120 cm³/mol. The normalized spacial score (nSPS) is 21.4. The van der Waals surface area contributed by atoms with E-state index < -0.39 is 52.4 Å². The number of hydrogen-bond donors (Lipinski definition) is 1. The summed E-state index contributed by atoms with van der Waals surface area (Å²) >= 11 is 6.10. The van der Waals surface area contributed by atoms with Crippen LogP contribution in [0.4, 0.5) is 35.1 Å². The molecule has 39 heavy (non-hydrogen) atoms. The van der Waals surface area contributed by atoms with Gasteiger partial charge in [0.2, 0.25) is 9.84 Å². The maximum atomic E-state index is 14.1. The quantitative estimate of drug-likeness (QED) is 0.430. The van der Waals surface area contributed by atoms with Crippen LogP contribution in [0, 0.1) is 5.92 Å². The van der Waals surface area contributed by atoms with Gasteiger partial charge in [0.1, 0.15) is 12.6 Å². The van der Waals surface area contributed by atoms with Crippen LogP contribution in [0.3, 0.4) is 0 Å². The van der Waals surface area contributed by atoms with Crippen molar-refractivity contribution in [2.24, 2.45) is 10.9 Å². The van der Waals surface area contributed by atoms with Crippen LogP contribution >= 0.6 is 11.6 Å². The molecule has 0 amide bonds. The lowest BCUT2D eigenvalue weighted by molar-refractivity contribution is -0.303. The molecule has 6 nitrogen and oxygen atoms in total. The standard InChI is InChI=1S/C23H16ClF8N3O3S/c24-15-3-4-17(19-14(15)10-35(36)11-33-19)39(37,38)13-2-1-12-5-7-34(16(12)9-13)8-6-18-20(25,26)22(29,30)23(31,32)21(18,27)28/h1-5,7,9-10,18,36H,6,8,11H2. The molecule has 210 valence electrons. The second kappa shape index (κ2) is 8.54. The number of benzene rings is 2. The van der Waals surface area contributed by atoms with Crippen LogP contribution in [0.15, 0.2) is 57.4 Å². The van der Waals surface area contributed by atoms with Gasteiger partial charge in [-0.05, 0) is 42.1 Å². The lowest BCUT2D eigenvalue weighted by atomic mass is 9.97. The van der Waals surface area contributed by atoms with Crippen LogP contribution in [0.2, 0.25) is 5.02 Å². The number of aryl methyl sites for hydroxylation is 1. The van der Waals surface area contributed by atoms with E-state index in [-0.39, 0.29) is 37.6 Å². The molecule has 2 aromatic carbocycles. The molecule has 1 aliphatic carbocycles. The smallest absolute Gasteiger partial charge is 0.347 e. The summed E-state index contributed by atoms with van der Waals surface area (Å²) in [6.07, 6.45) is 0.926. The molecule has 1 saturated carbocycles. The van der Waals surface area contributed by atoms with Crippen molar-refractivity contribution in [1.82, 2.24) is 9.63 Å². The highest BCUT2D eigenvalue weighted by atomic mass is 35.5. The molecule has 1 fully saturated rings. The molecule has 0 bridgehead atoms. The Morgan fingerprint density at radius 2 is 1.62 bits per heavy atom. The average Bonchev–Trinajstić information content (AvgIpc) is 3.28. The first kappa shape index (κ1) is 27.6. The average molecular weight is 602 g/mol. The highest BCUT2D eigenvalue weighted by molar-refractivity contribution is 7.91. The minimum absolute atomic E-state index is 0.0316. The van der Waals surface area contributed by atoms with Gasteiger partial charge < -0.3 is 4.57 Å².